The van der Waals surface area contributed by atoms with Gasteiger partial charge in [-0.2, -0.15) is 0 Å². The summed E-state index contributed by atoms with van der Waals surface area (Å²) in [5, 5.41) is 4.07. The summed E-state index contributed by atoms with van der Waals surface area (Å²) in [6.07, 6.45) is 0.270. The summed E-state index contributed by atoms with van der Waals surface area (Å²) in [5.41, 5.74) is 1.21. The Kier molecular flexibility index (Phi) is 4.33. The molecule has 0 aromatic carbocycles. The average Bonchev–Trinajstić information content (AvgIpc) is 2.97. The lowest BCUT2D eigenvalue weighted by atomic mass is 10.0. The van der Waals surface area contributed by atoms with Crippen LogP contribution in [-0.4, -0.2) is 39.0 Å². The van der Waals surface area contributed by atoms with Gasteiger partial charge >= 0.3 is 0 Å². The van der Waals surface area contributed by atoms with Crippen LogP contribution in [0.2, 0.25) is 0 Å². The molecule has 1 saturated heterocycles. The van der Waals surface area contributed by atoms with Crippen molar-refractivity contribution in [2.75, 3.05) is 5.75 Å². The molecule has 116 valence electrons. The molecule has 2 atom stereocenters. The zero-order valence-corrected chi connectivity index (χ0v) is 14.3. The van der Waals surface area contributed by atoms with Gasteiger partial charge in [0.1, 0.15) is 11.4 Å². The molecule has 2 amide bonds. The standard InChI is InChI=1S/C14H14N2O3S3/c1-7-6-22-13-10(12(18)16(13)11(7)14(19)20)15-9(17)5-8-3-2-4-21-8/h2-4,10,13H,5-6H2,1H3,(H,15,17)(H,19,20)/t10?,13-/m1/s1. The van der Waals surface area contributed by atoms with E-state index < -0.39 is 11.2 Å². The van der Waals surface area contributed by atoms with E-state index in [1.807, 2.05) is 24.4 Å². The van der Waals surface area contributed by atoms with Crippen LogP contribution < -0.4 is 5.32 Å². The van der Waals surface area contributed by atoms with Gasteiger partial charge in [-0.05, 0) is 23.9 Å². The predicted molar refractivity (Wildman–Crippen MR) is 89.7 cm³/mol. The summed E-state index contributed by atoms with van der Waals surface area (Å²) < 4.78 is 0. The van der Waals surface area contributed by atoms with Crippen LogP contribution in [0.25, 0.3) is 0 Å². The molecular formula is C14H14N2O3S3. The van der Waals surface area contributed by atoms with E-state index in [-0.39, 0.29) is 23.6 Å². The highest BCUT2D eigenvalue weighted by molar-refractivity contribution is 8.00. The number of carbonyl (C=O) groups is 3. The van der Waals surface area contributed by atoms with Gasteiger partial charge in [-0.1, -0.05) is 18.7 Å². The Morgan fingerprint density at radius 3 is 2.91 bits per heavy atom. The lowest BCUT2D eigenvalue weighted by Crippen LogP contribution is -2.70. The maximum absolute atomic E-state index is 12.3. The first-order valence-corrected chi connectivity index (χ1v) is 9.06. The Bertz CT molecular complexity index is 669. The third-order valence-electron chi connectivity index (χ3n) is 3.59. The fourth-order valence-corrected chi connectivity index (χ4v) is 4.87. The quantitative estimate of drug-likeness (QED) is 0.634. The second kappa shape index (κ2) is 6.10. The molecule has 0 aliphatic carbocycles. The van der Waals surface area contributed by atoms with E-state index >= 15 is 0 Å². The molecule has 5 nitrogen and oxygen atoms in total. The Labute approximate surface area is 141 Å². The molecule has 2 aliphatic rings. The molecule has 3 heterocycles. The average molecular weight is 354 g/mol. The van der Waals surface area contributed by atoms with Crippen molar-refractivity contribution >= 4 is 52.7 Å². The van der Waals surface area contributed by atoms with Gasteiger partial charge < -0.3 is 5.32 Å². The zero-order chi connectivity index (χ0) is 15.9. The lowest BCUT2D eigenvalue weighted by molar-refractivity contribution is -0.146. The lowest BCUT2D eigenvalue weighted by Gasteiger charge is -2.49. The molecule has 0 spiro atoms. The van der Waals surface area contributed by atoms with Crippen molar-refractivity contribution in [3.63, 3.8) is 0 Å². The number of hydrogen-bond acceptors (Lipinski definition) is 5. The molecule has 1 aromatic heterocycles. The SMILES string of the molecule is CC1=C(C(=O)S)N2C(=O)C(NC(=O)Cc3cccs3)[C@H]2SC1. The van der Waals surface area contributed by atoms with Crippen LogP contribution in [0, 0.1) is 0 Å². The number of thiol groups is 1. The molecule has 3 rings (SSSR count). The number of nitrogens with zero attached hydrogens (tertiary/aromatic N) is 1. The number of amides is 2. The summed E-state index contributed by atoms with van der Waals surface area (Å²) in [6, 6.07) is 3.21. The number of nitrogens with one attached hydrogen (secondary N) is 1. The Balaban J connectivity index is 1.68. The summed E-state index contributed by atoms with van der Waals surface area (Å²) in [7, 11) is 0. The first-order valence-electron chi connectivity index (χ1n) is 6.68. The molecule has 8 heteroatoms. The minimum atomic E-state index is -0.562. The van der Waals surface area contributed by atoms with E-state index in [1.54, 1.807) is 11.8 Å². The second-order valence-corrected chi connectivity index (χ2v) is 7.69. The molecule has 0 saturated carbocycles. The van der Waals surface area contributed by atoms with Gasteiger partial charge in [0.15, 0.2) is 0 Å². The van der Waals surface area contributed by atoms with Crippen molar-refractivity contribution in [1.29, 1.82) is 0 Å². The molecule has 1 fully saturated rings. The van der Waals surface area contributed by atoms with Crippen molar-refractivity contribution in [2.24, 2.45) is 0 Å². The van der Waals surface area contributed by atoms with Gasteiger partial charge in [-0.25, -0.2) is 0 Å². The van der Waals surface area contributed by atoms with E-state index in [4.69, 9.17) is 0 Å². The van der Waals surface area contributed by atoms with Gasteiger partial charge in [0.05, 0.1) is 12.1 Å². The summed E-state index contributed by atoms with van der Waals surface area (Å²) in [6.45, 7) is 1.82. The van der Waals surface area contributed by atoms with Crippen LogP contribution in [0.3, 0.4) is 0 Å². The van der Waals surface area contributed by atoms with Crippen LogP contribution in [0.5, 0.6) is 0 Å². The van der Waals surface area contributed by atoms with Crippen molar-refractivity contribution in [1.82, 2.24) is 10.2 Å². The number of thioether (sulfide) groups is 1. The van der Waals surface area contributed by atoms with E-state index in [2.05, 4.69) is 17.9 Å². The van der Waals surface area contributed by atoms with Crippen LogP contribution >= 0.6 is 35.7 Å². The minimum absolute atomic E-state index is 0.175. The maximum atomic E-state index is 12.3. The van der Waals surface area contributed by atoms with E-state index in [9.17, 15) is 14.4 Å². The molecule has 0 radical (unpaired) electrons. The van der Waals surface area contributed by atoms with Crippen molar-refractivity contribution in [3.8, 4) is 0 Å². The highest BCUT2D eigenvalue weighted by atomic mass is 32.2. The smallest absolute Gasteiger partial charge is 0.253 e. The van der Waals surface area contributed by atoms with Gasteiger partial charge in [0.2, 0.25) is 11.0 Å². The molecular weight excluding hydrogens is 340 g/mol. The van der Waals surface area contributed by atoms with Crippen LogP contribution in [-0.2, 0) is 20.8 Å². The molecule has 1 aromatic rings. The third-order valence-corrected chi connectivity index (χ3v) is 6.11. The topological polar surface area (TPSA) is 66.5 Å². The van der Waals surface area contributed by atoms with Crippen LogP contribution in [0.15, 0.2) is 28.8 Å². The van der Waals surface area contributed by atoms with E-state index in [0.717, 1.165) is 10.5 Å². The largest absolute Gasteiger partial charge is 0.341 e. The summed E-state index contributed by atoms with van der Waals surface area (Å²) in [5.74, 6) is 0.243. The zero-order valence-electron chi connectivity index (χ0n) is 11.7. The van der Waals surface area contributed by atoms with Crippen molar-refractivity contribution < 1.29 is 14.4 Å². The number of β-lactam (4-membered cyclic amide) rings is 1. The fourth-order valence-electron chi connectivity index (χ4n) is 2.57. The first kappa shape index (κ1) is 15.6. The Morgan fingerprint density at radius 1 is 1.50 bits per heavy atom. The van der Waals surface area contributed by atoms with Crippen LogP contribution in [0.1, 0.15) is 11.8 Å². The normalized spacial score (nSPS) is 23.9. The summed E-state index contributed by atoms with van der Waals surface area (Å²) in [4.78, 5) is 38.3. The van der Waals surface area contributed by atoms with Crippen LogP contribution in [0.4, 0.5) is 0 Å². The van der Waals surface area contributed by atoms with Crippen molar-refractivity contribution in [3.05, 3.63) is 33.7 Å². The van der Waals surface area contributed by atoms with E-state index in [0.29, 0.717) is 11.4 Å². The first-order chi connectivity index (χ1) is 10.5. The van der Waals surface area contributed by atoms with Gasteiger partial charge in [0.25, 0.3) is 5.91 Å². The number of hydrogen-bond donors (Lipinski definition) is 2. The second-order valence-electron chi connectivity index (χ2n) is 5.15. The molecule has 22 heavy (non-hydrogen) atoms. The molecule has 0 bridgehead atoms. The molecule has 1 N–H and O–H groups in total. The van der Waals surface area contributed by atoms with E-state index in [1.165, 1.54) is 16.2 Å². The molecule has 1 unspecified atom stereocenters. The Hall–Kier alpha value is -1.25. The highest BCUT2D eigenvalue weighted by Gasteiger charge is 2.53. The number of thiophene rings is 1. The van der Waals surface area contributed by atoms with Crippen molar-refractivity contribution in [2.45, 2.75) is 24.8 Å². The fraction of sp³-hybridized carbons (Fsp3) is 0.357. The highest BCUT2D eigenvalue weighted by Crippen LogP contribution is 2.40. The number of carbonyl (C=O) groups excluding carboxylic acids is 3. The maximum Gasteiger partial charge on any atom is 0.253 e. The third kappa shape index (κ3) is 2.70. The number of fused-ring (bicyclic) bond motifs is 1. The predicted octanol–water partition coefficient (Wildman–Crippen LogP) is 1.42. The van der Waals surface area contributed by atoms with Gasteiger partial charge in [-0.3, -0.25) is 19.3 Å². The minimum Gasteiger partial charge on any atom is -0.341 e. The summed E-state index contributed by atoms with van der Waals surface area (Å²) >= 11 is 6.91. The Morgan fingerprint density at radius 2 is 2.27 bits per heavy atom. The number of rotatable bonds is 4. The molecule has 2 aliphatic heterocycles. The van der Waals surface area contributed by atoms with Gasteiger partial charge in [0, 0.05) is 10.6 Å². The monoisotopic (exact) mass is 354 g/mol. The van der Waals surface area contributed by atoms with Gasteiger partial charge in [-0.15, -0.1) is 23.1 Å².